The average molecular weight is 439 g/mol. The molecular weight excluding hydrogens is 411 g/mol. The molecular formula is C25H27FN2O2S. The third-order valence-electron chi connectivity index (χ3n) is 4.92. The van der Waals surface area contributed by atoms with Gasteiger partial charge in [0.25, 0.3) is 5.91 Å². The summed E-state index contributed by atoms with van der Waals surface area (Å²) >= 11 is 1.59. The lowest BCUT2D eigenvalue weighted by molar-refractivity contribution is -0.134. The Labute approximate surface area is 186 Å². The molecule has 31 heavy (non-hydrogen) atoms. The van der Waals surface area contributed by atoms with Gasteiger partial charge in [-0.2, -0.15) is 0 Å². The lowest BCUT2D eigenvalue weighted by Gasteiger charge is -2.37. The smallest absolute Gasteiger partial charge is 0.254 e. The van der Waals surface area contributed by atoms with Crippen LogP contribution in [0.25, 0.3) is 0 Å². The molecule has 2 aromatic carbocycles. The first-order chi connectivity index (χ1) is 14.7. The molecule has 0 saturated heterocycles. The van der Waals surface area contributed by atoms with E-state index in [1.165, 1.54) is 23.1 Å². The quantitative estimate of drug-likeness (QED) is 0.498. The molecule has 2 amide bonds. The molecule has 0 aliphatic rings. The van der Waals surface area contributed by atoms with Crippen molar-refractivity contribution < 1.29 is 14.0 Å². The van der Waals surface area contributed by atoms with E-state index in [9.17, 15) is 14.0 Å². The molecule has 1 aromatic heterocycles. The second-order valence-corrected chi connectivity index (χ2v) is 9.42. The van der Waals surface area contributed by atoms with Crippen LogP contribution in [0, 0.1) is 5.82 Å². The Balaban J connectivity index is 1.84. The maximum atomic E-state index is 13.7. The van der Waals surface area contributed by atoms with E-state index in [0.29, 0.717) is 13.1 Å². The van der Waals surface area contributed by atoms with Crippen LogP contribution < -0.4 is 0 Å². The van der Waals surface area contributed by atoms with Crippen molar-refractivity contribution in [2.75, 3.05) is 6.54 Å². The molecule has 162 valence electrons. The van der Waals surface area contributed by atoms with Gasteiger partial charge in [0.05, 0.1) is 6.54 Å². The van der Waals surface area contributed by atoms with Gasteiger partial charge >= 0.3 is 0 Å². The number of carbonyl (C=O) groups is 2. The van der Waals surface area contributed by atoms with Gasteiger partial charge in [-0.15, -0.1) is 11.3 Å². The second kappa shape index (κ2) is 9.88. The summed E-state index contributed by atoms with van der Waals surface area (Å²) in [6.07, 6.45) is 0. The molecule has 0 radical (unpaired) electrons. The van der Waals surface area contributed by atoms with Crippen LogP contribution >= 0.6 is 11.3 Å². The van der Waals surface area contributed by atoms with E-state index in [4.69, 9.17) is 0 Å². The number of hydrogen-bond acceptors (Lipinski definition) is 3. The van der Waals surface area contributed by atoms with Gasteiger partial charge in [-0.1, -0.05) is 42.5 Å². The highest BCUT2D eigenvalue weighted by Gasteiger charge is 2.31. The topological polar surface area (TPSA) is 40.6 Å². The Kier molecular flexibility index (Phi) is 7.23. The molecule has 0 saturated carbocycles. The number of benzene rings is 2. The number of rotatable bonds is 7. The minimum absolute atomic E-state index is 0.0863. The zero-order valence-electron chi connectivity index (χ0n) is 18.0. The van der Waals surface area contributed by atoms with Crippen LogP contribution in [0.1, 0.15) is 41.6 Å². The van der Waals surface area contributed by atoms with E-state index in [2.05, 4.69) is 0 Å². The first-order valence-electron chi connectivity index (χ1n) is 10.2. The van der Waals surface area contributed by atoms with Crippen molar-refractivity contribution in [3.8, 4) is 0 Å². The molecule has 0 fully saturated rings. The van der Waals surface area contributed by atoms with Gasteiger partial charge in [0.1, 0.15) is 12.4 Å². The zero-order valence-corrected chi connectivity index (χ0v) is 18.9. The van der Waals surface area contributed by atoms with E-state index in [1.807, 2.05) is 68.6 Å². The average Bonchev–Trinajstić information content (AvgIpc) is 3.24. The van der Waals surface area contributed by atoms with Gasteiger partial charge in [-0.3, -0.25) is 9.59 Å². The zero-order chi connectivity index (χ0) is 22.4. The maximum Gasteiger partial charge on any atom is 0.254 e. The second-order valence-electron chi connectivity index (χ2n) is 8.39. The molecule has 0 aliphatic heterocycles. The summed E-state index contributed by atoms with van der Waals surface area (Å²) in [7, 11) is 0. The lowest BCUT2D eigenvalue weighted by atomic mass is 10.0. The Hall–Kier alpha value is -2.99. The number of halogens is 1. The van der Waals surface area contributed by atoms with Crippen LogP contribution in [-0.4, -0.2) is 33.7 Å². The highest BCUT2D eigenvalue weighted by Crippen LogP contribution is 2.20. The van der Waals surface area contributed by atoms with Crippen LogP contribution in [0.2, 0.25) is 0 Å². The minimum Gasteiger partial charge on any atom is -0.332 e. The minimum atomic E-state index is -0.611. The van der Waals surface area contributed by atoms with Crippen LogP contribution in [0.3, 0.4) is 0 Å². The van der Waals surface area contributed by atoms with Crippen molar-refractivity contribution in [2.24, 2.45) is 0 Å². The summed E-state index contributed by atoms with van der Waals surface area (Å²) in [4.78, 5) is 30.9. The monoisotopic (exact) mass is 438 g/mol. The summed E-state index contributed by atoms with van der Waals surface area (Å²) in [5, 5.41) is 1.98. The number of carbonyl (C=O) groups excluding carboxylic acids is 2. The van der Waals surface area contributed by atoms with Gasteiger partial charge in [0.15, 0.2) is 0 Å². The first kappa shape index (κ1) is 22.7. The van der Waals surface area contributed by atoms with Crippen molar-refractivity contribution >= 4 is 23.2 Å². The standard InChI is InChI=1S/C25H27FN2O2S/c1-25(2,3)28(24(30)20-11-7-12-21(26)15-20)18-23(29)27(17-22-13-8-14-31-22)16-19-9-5-4-6-10-19/h4-15H,16-18H2,1-3H3. The fraction of sp³-hybridized carbons (Fsp3) is 0.280. The van der Waals surface area contributed by atoms with E-state index in [-0.39, 0.29) is 23.9 Å². The molecule has 0 bridgehead atoms. The molecule has 0 spiro atoms. The lowest BCUT2D eigenvalue weighted by Crippen LogP contribution is -2.51. The van der Waals surface area contributed by atoms with Crippen LogP contribution in [-0.2, 0) is 17.9 Å². The van der Waals surface area contributed by atoms with Crippen molar-refractivity contribution in [3.63, 3.8) is 0 Å². The third-order valence-corrected chi connectivity index (χ3v) is 5.78. The summed E-state index contributed by atoms with van der Waals surface area (Å²) in [5.41, 5.74) is 0.641. The number of thiophene rings is 1. The van der Waals surface area contributed by atoms with E-state index in [0.717, 1.165) is 10.4 Å². The maximum absolute atomic E-state index is 13.7. The van der Waals surface area contributed by atoms with E-state index in [1.54, 1.807) is 22.3 Å². The number of hydrogen-bond donors (Lipinski definition) is 0. The predicted molar refractivity (Wildman–Crippen MR) is 122 cm³/mol. The predicted octanol–water partition coefficient (Wildman–Crippen LogP) is 5.36. The fourth-order valence-corrected chi connectivity index (χ4v) is 3.97. The van der Waals surface area contributed by atoms with Crippen LogP contribution in [0.4, 0.5) is 4.39 Å². The SMILES string of the molecule is CC(C)(C)N(CC(=O)N(Cc1ccccc1)Cc1cccs1)C(=O)c1cccc(F)c1. The normalized spacial score (nSPS) is 11.2. The number of amides is 2. The Bertz CT molecular complexity index is 1010. The molecule has 6 heteroatoms. The van der Waals surface area contributed by atoms with Gasteiger partial charge in [-0.25, -0.2) is 4.39 Å². The largest absolute Gasteiger partial charge is 0.332 e. The Morgan fingerprint density at radius 2 is 1.68 bits per heavy atom. The number of nitrogens with zero attached hydrogens (tertiary/aromatic N) is 2. The van der Waals surface area contributed by atoms with Gasteiger partial charge in [0, 0.05) is 22.5 Å². The summed E-state index contributed by atoms with van der Waals surface area (Å²) in [5.74, 6) is -0.998. The van der Waals surface area contributed by atoms with Crippen molar-refractivity contribution in [2.45, 2.75) is 39.4 Å². The third kappa shape index (κ3) is 6.25. The first-order valence-corrected chi connectivity index (χ1v) is 11.0. The van der Waals surface area contributed by atoms with Crippen LogP contribution in [0.15, 0.2) is 72.1 Å². The van der Waals surface area contributed by atoms with E-state index < -0.39 is 11.4 Å². The molecule has 0 unspecified atom stereocenters. The van der Waals surface area contributed by atoms with Crippen LogP contribution in [0.5, 0.6) is 0 Å². The highest BCUT2D eigenvalue weighted by atomic mass is 32.1. The summed E-state index contributed by atoms with van der Waals surface area (Å²) < 4.78 is 13.7. The van der Waals surface area contributed by atoms with E-state index >= 15 is 0 Å². The fourth-order valence-electron chi connectivity index (χ4n) is 3.25. The van der Waals surface area contributed by atoms with Crippen molar-refractivity contribution in [1.82, 2.24) is 9.80 Å². The molecule has 3 aromatic rings. The molecule has 0 atom stereocenters. The van der Waals surface area contributed by atoms with Gasteiger partial charge in [-0.05, 0) is 56.0 Å². The summed E-state index contributed by atoms with van der Waals surface area (Å²) in [6.45, 7) is 6.45. The Morgan fingerprint density at radius 1 is 0.935 bits per heavy atom. The summed E-state index contributed by atoms with van der Waals surface area (Å²) in [6, 6.07) is 19.3. The van der Waals surface area contributed by atoms with Crippen molar-refractivity contribution in [3.05, 3.63) is 93.9 Å². The Morgan fingerprint density at radius 3 is 2.29 bits per heavy atom. The molecule has 1 heterocycles. The van der Waals surface area contributed by atoms with Gasteiger partial charge < -0.3 is 9.80 Å². The molecule has 4 nitrogen and oxygen atoms in total. The molecule has 3 rings (SSSR count). The van der Waals surface area contributed by atoms with Gasteiger partial charge in [0.2, 0.25) is 5.91 Å². The highest BCUT2D eigenvalue weighted by molar-refractivity contribution is 7.09. The van der Waals surface area contributed by atoms with Crippen molar-refractivity contribution in [1.29, 1.82) is 0 Å². The molecule has 0 N–H and O–H groups in total. The molecule has 0 aliphatic carbocycles.